The van der Waals surface area contributed by atoms with Gasteiger partial charge in [0.2, 0.25) is 0 Å². The molecule has 1 aliphatic rings. The van der Waals surface area contributed by atoms with Crippen LogP contribution in [-0.4, -0.2) is 35.4 Å². The SMILES string of the molecule is Cc1cccc(C)c1OCCOc1ccc(Br)cc1C=C1SC(=S)N(C)C1=O. The second-order valence-corrected chi connectivity index (χ2v) is 8.93. The van der Waals surface area contributed by atoms with Gasteiger partial charge in [-0.05, 0) is 49.2 Å². The number of hydrogen-bond donors (Lipinski definition) is 0. The fourth-order valence-electron chi connectivity index (χ4n) is 2.77. The molecule has 0 aromatic heterocycles. The molecule has 1 heterocycles. The summed E-state index contributed by atoms with van der Waals surface area (Å²) in [6, 6.07) is 11.8. The van der Waals surface area contributed by atoms with Gasteiger partial charge in [-0.3, -0.25) is 9.69 Å². The number of para-hydroxylation sites is 1. The van der Waals surface area contributed by atoms with Crippen LogP contribution in [0.2, 0.25) is 0 Å². The lowest BCUT2D eigenvalue weighted by Gasteiger charge is -2.14. The predicted octanol–water partition coefficient (Wildman–Crippen LogP) is 5.35. The number of thioether (sulfide) groups is 1. The molecule has 0 unspecified atom stereocenters. The van der Waals surface area contributed by atoms with Crippen LogP contribution in [0.25, 0.3) is 6.08 Å². The summed E-state index contributed by atoms with van der Waals surface area (Å²) in [7, 11) is 1.68. The van der Waals surface area contributed by atoms with Crippen LogP contribution in [0.15, 0.2) is 45.8 Å². The van der Waals surface area contributed by atoms with E-state index in [2.05, 4.69) is 15.9 Å². The monoisotopic (exact) mass is 477 g/mol. The van der Waals surface area contributed by atoms with E-state index in [1.54, 1.807) is 7.05 Å². The average molecular weight is 478 g/mol. The minimum Gasteiger partial charge on any atom is -0.489 e. The molecule has 0 aliphatic carbocycles. The Balaban J connectivity index is 1.70. The smallest absolute Gasteiger partial charge is 0.265 e. The number of nitrogens with zero attached hydrogens (tertiary/aromatic N) is 1. The average Bonchev–Trinajstić information content (AvgIpc) is 2.89. The van der Waals surface area contributed by atoms with Gasteiger partial charge in [0, 0.05) is 17.1 Å². The number of carbonyl (C=O) groups excluding carboxylic acids is 1. The molecule has 0 atom stereocenters. The van der Waals surface area contributed by atoms with E-state index in [0.717, 1.165) is 26.9 Å². The van der Waals surface area contributed by atoms with E-state index in [1.165, 1.54) is 16.7 Å². The van der Waals surface area contributed by atoms with E-state index in [4.69, 9.17) is 21.7 Å². The molecule has 2 aromatic carbocycles. The van der Waals surface area contributed by atoms with Crippen molar-refractivity contribution in [2.45, 2.75) is 13.8 Å². The summed E-state index contributed by atoms with van der Waals surface area (Å²) in [5, 5.41) is 0. The lowest BCUT2D eigenvalue weighted by molar-refractivity contribution is -0.121. The summed E-state index contributed by atoms with van der Waals surface area (Å²) in [5.41, 5.74) is 3.02. The van der Waals surface area contributed by atoms with Crippen molar-refractivity contribution < 1.29 is 14.3 Å². The molecule has 0 spiro atoms. The molecule has 0 saturated carbocycles. The van der Waals surface area contributed by atoms with Crippen LogP contribution in [0, 0.1) is 13.8 Å². The Labute approximate surface area is 183 Å². The molecule has 4 nitrogen and oxygen atoms in total. The predicted molar refractivity (Wildman–Crippen MR) is 122 cm³/mol. The molecule has 1 fully saturated rings. The second-order valence-electron chi connectivity index (χ2n) is 6.34. The van der Waals surface area contributed by atoms with Gasteiger partial charge < -0.3 is 9.47 Å². The van der Waals surface area contributed by atoms with E-state index in [9.17, 15) is 4.79 Å². The standard InChI is InChI=1S/C21H20BrNO3S2/c1-13-5-4-6-14(2)19(13)26-10-9-25-17-8-7-16(22)11-15(17)12-18-20(24)23(3)21(27)28-18/h4-8,11-12H,9-10H2,1-3H3. The molecule has 3 rings (SSSR count). The number of halogens is 1. The van der Waals surface area contributed by atoms with Gasteiger partial charge in [-0.1, -0.05) is 58.1 Å². The molecule has 1 saturated heterocycles. The van der Waals surface area contributed by atoms with E-state index < -0.39 is 0 Å². The maximum Gasteiger partial charge on any atom is 0.265 e. The van der Waals surface area contributed by atoms with E-state index in [0.29, 0.717) is 28.2 Å². The highest BCUT2D eigenvalue weighted by atomic mass is 79.9. The molecule has 0 radical (unpaired) electrons. The zero-order valence-electron chi connectivity index (χ0n) is 15.8. The van der Waals surface area contributed by atoms with Gasteiger partial charge in [-0.15, -0.1) is 0 Å². The number of benzene rings is 2. The van der Waals surface area contributed by atoms with Crippen LogP contribution >= 0.6 is 39.9 Å². The number of thiocarbonyl (C=S) groups is 1. The molecular weight excluding hydrogens is 458 g/mol. The Morgan fingerprint density at radius 1 is 1.14 bits per heavy atom. The maximum absolute atomic E-state index is 12.3. The van der Waals surface area contributed by atoms with Crippen LogP contribution in [-0.2, 0) is 4.79 Å². The van der Waals surface area contributed by atoms with Gasteiger partial charge in [-0.25, -0.2) is 0 Å². The zero-order chi connectivity index (χ0) is 20.3. The van der Waals surface area contributed by atoms with Crippen LogP contribution in [0.5, 0.6) is 11.5 Å². The van der Waals surface area contributed by atoms with Crippen LogP contribution < -0.4 is 9.47 Å². The lowest BCUT2D eigenvalue weighted by Crippen LogP contribution is -2.22. The Hall–Kier alpha value is -1.83. The topological polar surface area (TPSA) is 38.8 Å². The maximum atomic E-state index is 12.3. The minimum atomic E-state index is -0.0979. The van der Waals surface area contributed by atoms with E-state index in [-0.39, 0.29) is 5.91 Å². The first kappa shape index (κ1) is 20.9. The fourth-order valence-corrected chi connectivity index (χ4v) is 4.32. The van der Waals surface area contributed by atoms with Gasteiger partial charge in [-0.2, -0.15) is 0 Å². The van der Waals surface area contributed by atoms with Crippen LogP contribution in [0.1, 0.15) is 16.7 Å². The third-order valence-corrected chi connectivity index (χ3v) is 6.22. The number of carbonyl (C=O) groups is 1. The first-order valence-electron chi connectivity index (χ1n) is 8.69. The highest BCUT2D eigenvalue weighted by Gasteiger charge is 2.29. The summed E-state index contributed by atoms with van der Waals surface area (Å²) in [5.74, 6) is 1.49. The summed E-state index contributed by atoms with van der Waals surface area (Å²) >= 11 is 9.96. The van der Waals surface area contributed by atoms with E-state index in [1.807, 2.05) is 56.3 Å². The molecular formula is C21H20BrNO3S2. The molecule has 2 aromatic rings. The van der Waals surface area contributed by atoms with Crippen LogP contribution in [0.4, 0.5) is 0 Å². The van der Waals surface area contributed by atoms with Crippen molar-refractivity contribution in [1.29, 1.82) is 0 Å². The summed E-state index contributed by atoms with van der Waals surface area (Å²) in [6.07, 6.45) is 1.81. The largest absolute Gasteiger partial charge is 0.489 e. The van der Waals surface area contributed by atoms with Gasteiger partial charge in [0.15, 0.2) is 0 Å². The highest BCUT2D eigenvalue weighted by molar-refractivity contribution is 9.10. The molecule has 28 heavy (non-hydrogen) atoms. The first-order chi connectivity index (χ1) is 13.4. The summed E-state index contributed by atoms with van der Waals surface area (Å²) in [4.78, 5) is 14.3. The number of likely N-dealkylation sites (N-methyl/N-ethyl adjacent to an activating group) is 1. The Bertz CT molecular complexity index is 938. The van der Waals surface area contributed by atoms with Crippen molar-refractivity contribution in [2.24, 2.45) is 0 Å². The van der Waals surface area contributed by atoms with Crippen molar-refractivity contribution in [3.05, 3.63) is 62.5 Å². The zero-order valence-corrected chi connectivity index (χ0v) is 19.0. The Morgan fingerprint density at radius 3 is 2.46 bits per heavy atom. The number of rotatable bonds is 6. The number of aryl methyl sites for hydroxylation is 2. The minimum absolute atomic E-state index is 0.0979. The lowest BCUT2D eigenvalue weighted by atomic mass is 10.1. The van der Waals surface area contributed by atoms with Crippen molar-refractivity contribution in [2.75, 3.05) is 20.3 Å². The van der Waals surface area contributed by atoms with Crippen molar-refractivity contribution >= 4 is 56.2 Å². The van der Waals surface area contributed by atoms with Crippen LogP contribution in [0.3, 0.4) is 0 Å². The molecule has 0 N–H and O–H groups in total. The second kappa shape index (κ2) is 9.11. The number of hydrogen-bond acceptors (Lipinski definition) is 5. The number of amides is 1. The molecule has 1 aliphatic heterocycles. The molecule has 7 heteroatoms. The van der Waals surface area contributed by atoms with Gasteiger partial charge in [0.1, 0.15) is 29.0 Å². The highest BCUT2D eigenvalue weighted by Crippen LogP contribution is 2.34. The van der Waals surface area contributed by atoms with Crippen molar-refractivity contribution in [3.8, 4) is 11.5 Å². The molecule has 146 valence electrons. The summed E-state index contributed by atoms with van der Waals surface area (Å²) in [6.45, 7) is 4.88. The van der Waals surface area contributed by atoms with Gasteiger partial charge >= 0.3 is 0 Å². The molecule has 0 bridgehead atoms. The molecule has 1 amide bonds. The van der Waals surface area contributed by atoms with Crippen molar-refractivity contribution in [1.82, 2.24) is 4.90 Å². The van der Waals surface area contributed by atoms with Crippen molar-refractivity contribution in [3.63, 3.8) is 0 Å². The third kappa shape index (κ3) is 4.77. The summed E-state index contributed by atoms with van der Waals surface area (Å²) < 4.78 is 13.3. The fraction of sp³-hybridized carbons (Fsp3) is 0.238. The van der Waals surface area contributed by atoms with Gasteiger partial charge in [0.05, 0.1) is 4.91 Å². The third-order valence-electron chi connectivity index (χ3n) is 4.24. The quantitative estimate of drug-likeness (QED) is 0.318. The van der Waals surface area contributed by atoms with E-state index >= 15 is 0 Å². The Morgan fingerprint density at radius 2 is 1.82 bits per heavy atom. The Kier molecular flexibility index (Phi) is 6.80. The van der Waals surface area contributed by atoms with Gasteiger partial charge in [0.25, 0.3) is 5.91 Å². The first-order valence-corrected chi connectivity index (χ1v) is 10.7. The normalized spacial score (nSPS) is 15.4. The number of ether oxygens (including phenoxy) is 2.